The predicted molar refractivity (Wildman–Crippen MR) is 120 cm³/mol. The molecule has 3 amide bonds. The summed E-state index contributed by atoms with van der Waals surface area (Å²) in [5.41, 5.74) is -0.0608. The van der Waals surface area contributed by atoms with Crippen molar-refractivity contribution in [3.05, 3.63) is 59.7 Å². The number of likely N-dealkylation sites (tertiary alicyclic amines) is 1. The van der Waals surface area contributed by atoms with Crippen LogP contribution < -0.4 is 9.47 Å². The van der Waals surface area contributed by atoms with Crippen LogP contribution >= 0.6 is 0 Å². The Morgan fingerprint density at radius 2 is 1.82 bits per heavy atom. The molecule has 9 nitrogen and oxygen atoms in total. The molecule has 34 heavy (non-hydrogen) atoms. The molecule has 1 saturated heterocycles. The Balaban J connectivity index is 1.59. The fourth-order valence-electron chi connectivity index (χ4n) is 4.29. The van der Waals surface area contributed by atoms with Crippen LogP contribution in [0.1, 0.15) is 30.9 Å². The van der Waals surface area contributed by atoms with Crippen LogP contribution in [0.3, 0.4) is 0 Å². The van der Waals surface area contributed by atoms with E-state index < -0.39 is 23.2 Å². The molecule has 0 bridgehead atoms. The van der Waals surface area contributed by atoms with Crippen molar-refractivity contribution in [2.45, 2.75) is 31.7 Å². The fourth-order valence-corrected chi connectivity index (χ4v) is 4.29. The first-order valence-electron chi connectivity index (χ1n) is 11.0. The van der Waals surface area contributed by atoms with Crippen molar-refractivity contribution in [2.75, 3.05) is 27.0 Å². The molecule has 0 unspecified atom stereocenters. The maximum absolute atomic E-state index is 13.7. The monoisotopic (exact) mass is 466 g/mol. The van der Waals surface area contributed by atoms with Gasteiger partial charge < -0.3 is 19.1 Å². The normalized spacial score (nSPS) is 18.8. The van der Waals surface area contributed by atoms with E-state index in [0.717, 1.165) is 0 Å². The number of ether oxygens (including phenoxy) is 3. The molecule has 0 N–H and O–H groups in total. The Labute approximate surface area is 197 Å². The van der Waals surface area contributed by atoms with Crippen LogP contribution in [0.4, 0.5) is 0 Å². The summed E-state index contributed by atoms with van der Waals surface area (Å²) < 4.78 is 15.6. The summed E-state index contributed by atoms with van der Waals surface area (Å²) in [6, 6.07) is 14.1. The van der Waals surface area contributed by atoms with Gasteiger partial charge in [-0.25, -0.2) is 0 Å². The van der Waals surface area contributed by atoms with Crippen LogP contribution in [0.5, 0.6) is 11.5 Å². The van der Waals surface area contributed by atoms with Gasteiger partial charge in [0.2, 0.25) is 24.5 Å². The molecule has 2 aliphatic rings. The summed E-state index contributed by atoms with van der Waals surface area (Å²) in [4.78, 5) is 54.1. The Morgan fingerprint density at radius 3 is 2.56 bits per heavy atom. The van der Waals surface area contributed by atoms with Gasteiger partial charge in [0.15, 0.2) is 11.5 Å². The lowest BCUT2D eigenvalue weighted by Gasteiger charge is -2.29. The molecule has 4 rings (SSSR count). The molecule has 2 aliphatic heterocycles. The third-order valence-corrected chi connectivity index (χ3v) is 6.06. The summed E-state index contributed by atoms with van der Waals surface area (Å²) in [6.07, 6.45) is -0.380. The molecule has 1 fully saturated rings. The zero-order chi connectivity index (χ0) is 24.3. The van der Waals surface area contributed by atoms with E-state index in [0.29, 0.717) is 22.6 Å². The summed E-state index contributed by atoms with van der Waals surface area (Å²) in [5, 5.41) is 0. The lowest BCUT2D eigenvalue weighted by molar-refractivity contribution is -0.149. The number of carbonyl (C=O) groups is 4. The SMILES string of the molecule is CCOC(=O)CN(C)C(=O)C[C@@]1(c2ccccc2)CC(=O)N(Cc2ccc3c(c2)OCO3)C1=O. The quantitative estimate of drug-likeness (QED) is 0.433. The van der Waals surface area contributed by atoms with Crippen molar-refractivity contribution in [2.24, 2.45) is 0 Å². The van der Waals surface area contributed by atoms with Gasteiger partial charge in [0.05, 0.1) is 18.6 Å². The maximum Gasteiger partial charge on any atom is 0.325 e. The molecule has 178 valence electrons. The van der Waals surface area contributed by atoms with Gasteiger partial charge in [0.1, 0.15) is 6.54 Å². The van der Waals surface area contributed by atoms with E-state index in [4.69, 9.17) is 14.2 Å². The molecule has 1 atom stereocenters. The second-order valence-electron chi connectivity index (χ2n) is 8.33. The van der Waals surface area contributed by atoms with E-state index in [2.05, 4.69) is 0 Å². The van der Waals surface area contributed by atoms with Gasteiger partial charge >= 0.3 is 5.97 Å². The summed E-state index contributed by atoms with van der Waals surface area (Å²) in [5.74, 6) is -0.613. The van der Waals surface area contributed by atoms with Gasteiger partial charge in [-0.1, -0.05) is 36.4 Å². The summed E-state index contributed by atoms with van der Waals surface area (Å²) in [6.45, 7) is 1.83. The van der Waals surface area contributed by atoms with E-state index in [1.165, 1.54) is 16.8 Å². The maximum atomic E-state index is 13.7. The van der Waals surface area contributed by atoms with Crippen molar-refractivity contribution in [3.8, 4) is 11.5 Å². The zero-order valence-electron chi connectivity index (χ0n) is 19.1. The predicted octanol–water partition coefficient (Wildman–Crippen LogP) is 2.02. The number of fused-ring (bicyclic) bond motifs is 1. The van der Waals surface area contributed by atoms with Crippen molar-refractivity contribution in [3.63, 3.8) is 0 Å². The standard InChI is InChI=1S/C25H26N2O7/c1-3-32-23(30)15-26(2)21(28)12-25(18-7-5-4-6-8-18)13-22(29)27(24(25)31)14-17-9-10-19-20(11-17)34-16-33-19/h4-11H,3,12-16H2,1-2H3/t25-/m0/s1. The molecule has 0 aliphatic carbocycles. The molecule has 2 heterocycles. The average Bonchev–Trinajstić information content (AvgIpc) is 3.38. The summed E-state index contributed by atoms with van der Waals surface area (Å²) in [7, 11) is 1.48. The molecule has 0 spiro atoms. The van der Waals surface area contributed by atoms with E-state index >= 15 is 0 Å². The number of rotatable bonds is 8. The number of nitrogens with zero attached hydrogens (tertiary/aromatic N) is 2. The van der Waals surface area contributed by atoms with Gasteiger partial charge in [-0.2, -0.15) is 0 Å². The molecular weight excluding hydrogens is 440 g/mol. The lowest BCUT2D eigenvalue weighted by Crippen LogP contribution is -2.43. The molecule has 0 saturated carbocycles. The molecule has 9 heteroatoms. The molecule has 2 aromatic rings. The van der Waals surface area contributed by atoms with E-state index in [1.54, 1.807) is 55.5 Å². The first-order valence-corrected chi connectivity index (χ1v) is 11.0. The van der Waals surface area contributed by atoms with Crippen molar-refractivity contribution in [1.82, 2.24) is 9.80 Å². The second kappa shape index (κ2) is 9.54. The third-order valence-electron chi connectivity index (χ3n) is 6.06. The number of hydrogen-bond donors (Lipinski definition) is 0. The first kappa shape index (κ1) is 23.3. The Morgan fingerprint density at radius 1 is 1.09 bits per heavy atom. The Kier molecular flexibility index (Phi) is 6.54. The van der Waals surface area contributed by atoms with Crippen LogP contribution in [0, 0.1) is 0 Å². The number of likely N-dealkylation sites (N-methyl/N-ethyl adjacent to an activating group) is 1. The van der Waals surface area contributed by atoms with E-state index in [1.807, 2.05) is 0 Å². The Hall–Kier alpha value is -3.88. The van der Waals surface area contributed by atoms with Crippen molar-refractivity contribution < 1.29 is 33.4 Å². The molecular formula is C25H26N2O7. The average molecular weight is 466 g/mol. The van der Waals surface area contributed by atoms with Gasteiger partial charge in [-0.05, 0) is 30.2 Å². The van der Waals surface area contributed by atoms with Crippen LogP contribution in [-0.4, -0.2) is 60.5 Å². The molecule has 0 aromatic heterocycles. The van der Waals surface area contributed by atoms with Crippen LogP contribution in [0.2, 0.25) is 0 Å². The van der Waals surface area contributed by atoms with Gasteiger partial charge in [0.25, 0.3) is 0 Å². The van der Waals surface area contributed by atoms with Crippen LogP contribution in [-0.2, 0) is 35.9 Å². The largest absolute Gasteiger partial charge is 0.465 e. The van der Waals surface area contributed by atoms with Gasteiger partial charge in [-0.15, -0.1) is 0 Å². The third kappa shape index (κ3) is 4.46. The minimum atomic E-state index is -1.35. The lowest BCUT2D eigenvalue weighted by atomic mass is 9.75. The second-order valence-corrected chi connectivity index (χ2v) is 8.33. The van der Waals surface area contributed by atoms with Crippen LogP contribution in [0.25, 0.3) is 0 Å². The number of hydrogen-bond acceptors (Lipinski definition) is 7. The van der Waals surface area contributed by atoms with Crippen LogP contribution in [0.15, 0.2) is 48.5 Å². The van der Waals surface area contributed by atoms with Gasteiger partial charge in [-0.3, -0.25) is 24.1 Å². The highest BCUT2D eigenvalue weighted by molar-refractivity contribution is 6.10. The van der Waals surface area contributed by atoms with E-state index in [-0.39, 0.29) is 45.2 Å². The summed E-state index contributed by atoms with van der Waals surface area (Å²) >= 11 is 0. The van der Waals surface area contributed by atoms with E-state index in [9.17, 15) is 19.2 Å². The zero-order valence-corrected chi connectivity index (χ0v) is 19.1. The Bertz CT molecular complexity index is 1120. The highest BCUT2D eigenvalue weighted by Gasteiger charge is 2.54. The fraction of sp³-hybridized carbons (Fsp3) is 0.360. The topological polar surface area (TPSA) is 102 Å². The molecule has 2 aromatic carbocycles. The molecule has 0 radical (unpaired) electrons. The van der Waals surface area contributed by atoms with Gasteiger partial charge in [0, 0.05) is 19.9 Å². The number of carbonyl (C=O) groups excluding carboxylic acids is 4. The minimum Gasteiger partial charge on any atom is -0.465 e. The van der Waals surface area contributed by atoms with Crippen molar-refractivity contribution in [1.29, 1.82) is 0 Å². The number of imide groups is 1. The highest BCUT2D eigenvalue weighted by atomic mass is 16.7. The minimum absolute atomic E-state index is 0.0513. The number of benzene rings is 2. The number of amides is 3. The smallest absolute Gasteiger partial charge is 0.325 e. The van der Waals surface area contributed by atoms with Crippen molar-refractivity contribution >= 4 is 23.7 Å². The highest BCUT2D eigenvalue weighted by Crippen LogP contribution is 2.41. The first-order chi connectivity index (χ1) is 16.3. The number of esters is 1.